The molecular formula is C17H22FN5O. The van der Waals surface area contributed by atoms with Gasteiger partial charge in [-0.1, -0.05) is 0 Å². The number of benzene rings is 1. The molecule has 2 heterocycles. The molecule has 0 spiro atoms. The summed E-state index contributed by atoms with van der Waals surface area (Å²) in [5.41, 5.74) is 1.82. The van der Waals surface area contributed by atoms with Gasteiger partial charge in [-0.25, -0.2) is 9.18 Å². The van der Waals surface area contributed by atoms with Gasteiger partial charge in [0.25, 0.3) is 0 Å². The largest absolute Gasteiger partial charge is 0.369 e. The topological polar surface area (TPSA) is 62.2 Å². The SMILES string of the molecule is CCn1ccc(CNC(=O)NC2CCN(c3ccc(F)cc3)C2)n1. The van der Waals surface area contributed by atoms with Gasteiger partial charge in [-0.05, 0) is 43.7 Å². The van der Waals surface area contributed by atoms with Gasteiger partial charge in [0.05, 0.1) is 12.2 Å². The molecule has 1 aromatic heterocycles. The van der Waals surface area contributed by atoms with Gasteiger partial charge >= 0.3 is 6.03 Å². The summed E-state index contributed by atoms with van der Waals surface area (Å²) in [6.07, 6.45) is 2.77. The van der Waals surface area contributed by atoms with Gasteiger partial charge in [-0.3, -0.25) is 4.68 Å². The zero-order valence-corrected chi connectivity index (χ0v) is 13.7. The van der Waals surface area contributed by atoms with Crippen molar-refractivity contribution >= 4 is 11.7 Å². The number of aromatic nitrogens is 2. The van der Waals surface area contributed by atoms with Gasteiger partial charge in [0.15, 0.2) is 0 Å². The highest BCUT2D eigenvalue weighted by atomic mass is 19.1. The summed E-state index contributed by atoms with van der Waals surface area (Å²) in [6, 6.07) is 8.24. The number of halogens is 1. The number of hydrogen-bond acceptors (Lipinski definition) is 3. The first kappa shape index (κ1) is 16.3. The summed E-state index contributed by atoms with van der Waals surface area (Å²) in [4.78, 5) is 14.2. The predicted octanol–water partition coefficient (Wildman–Crippen LogP) is 2.12. The molecule has 1 fully saturated rings. The van der Waals surface area contributed by atoms with E-state index in [-0.39, 0.29) is 17.9 Å². The van der Waals surface area contributed by atoms with Crippen LogP contribution in [0.25, 0.3) is 0 Å². The minimum atomic E-state index is -0.238. The lowest BCUT2D eigenvalue weighted by molar-refractivity contribution is 0.237. The Labute approximate surface area is 140 Å². The van der Waals surface area contributed by atoms with Crippen molar-refractivity contribution in [1.29, 1.82) is 0 Å². The number of rotatable bonds is 5. The zero-order valence-electron chi connectivity index (χ0n) is 13.7. The molecule has 0 saturated carbocycles. The number of anilines is 1. The molecule has 0 aliphatic carbocycles. The third-order valence-electron chi connectivity index (χ3n) is 4.17. The van der Waals surface area contributed by atoms with Crippen LogP contribution in [0, 0.1) is 5.82 Å². The third-order valence-corrected chi connectivity index (χ3v) is 4.17. The molecule has 1 aromatic carbocycles. The number of nitrogens with zero attached hydrogens (tertiary/aromatic N) is 3. The van der Waals surface area contributed by atoms with Gasteiger partial charge in [0.2, 0.25) is 0 Å². The summed E-state index contributed by atoms with van der Waals surface area (Å²) in [7, 11) is 0. The molecule has 2 N–H and O–H groups in total. The van der Waals surface area contributed by atoms with E-state index in [2.05, 4.69) is 20.6 Å². The van der Waals surface area contributed by atoms with E-state index in [4.69, 9.17) is 0 Å². The first-order valence-corrected chi connectivity index (χ1v) is 8.21. The number of hydrogen-bond donors (Lipinski definition) is 2. The average Bonchev–Trinajstić information content (AvgIpc) is 3.23. The van der Waals surface area contributed by atoms with Gasteiger partial charge in [0, 0.05) is 37.6 Å². The summed E-state index contributed by atoms with van der Waals surface area (Å²) in [5, 5.41) is 10.1. The Morgan fingerprint density at radius 2 is 2.12 bits per heavy atom. The molecule has 3 rings (SSSR count). The highest BCUT2D eigenvalue weighted by Crippen LogP contribution is 2.20. The molecule has 0 bridgehead atoms. The Hall–Kier alpha value is -2.57. The maximum absolute atomic E-state index is 13.0. The van der Waals surface area contributed by atoms with Crippen molar-refractivity contribution in [2.45, 2.75) is 32.5 Å². The number of carbonyl (C=O) groups excluding carboxylic acids is 1. The van der Waals surface area contributed by atoms with Crippen LogP contribution in [-0.4, -0.2) is 34.9 Å². The Kier molecular flexibility index (Phi) is 4.98. The molecule has 24 heavy (non-hydrogen) atoms. The van der Waals surface area contributed by atoms with Crippen LogP contribution in [0.2, 0.25) is 0 Å². The van der Waals surface area contributed by atoms with Crippen molar-refractivity contribution in [1.82, 2.24) is 20.4 Å². The molecule has 1 saturated heterocycles. The molecule has 1 unspecified atom stereocenters. The van der Waals surface area contributed by atoms with Crippen LogP contribution in [0.1, 0.15) is 19.0 Å². The first-order valence-electron chi connectivity index (χ1n) is 8.21. The monoisotopic (exact) mass is 331 g/mol. The Balaban J connectivity index is 1.44. The molecule has 6 nitrogen and oxygen atoms in total. The van der Waals surface area contributed by atoms with Crippen molar-refractivity contribution in [3.63, 3.8) is 0 Å². The highest BCUT2D eigenvalue weighted by molar-refractivity contribution is 5.74. The fourth-order valence-electron chi connectivity index (χ4n) is 2.85. The normalized spacial score (nSPS) is 17.1. The van der Waals surface area contributed by atoms with Crippen LogP contribution in [-0.2, 0) is 13.1 Å². The van der Waals surface area contributed by atoms with Crippen LogP contribution >= 0.6 is 0 Å². The van der Waals surface area contributed by atoms with E-state index >= 15 is 0 Å². The van der Waals surface area contributed by atoms with Crippen LogP contribution in [0.15, 0.2) is 36.5 Å². The second kappa shape index (κ2) is 7.33. The van der Waals surface area contributed by atoms with E-state index in [0.29, 0.717) is 6.54 Å². The second-order valence-corrected chi connectivity index (χ2v) is 5.90. The Morgan fingerprint density at radius 3 is 2.83 bits per heavy atom. The van der Waals surface area contributed by atoms with Crippen molar-refractivity contribution in [2.75, 3.05) is 18.0 Å². The predicted molar refractivity (Wildman–Crippen MR) is 90.3 cm³/mol. The molecule has 2 amide bonds. The first-order chi connectivity index (χ1) is 11.6. The zero-order chi connectivity index (χ0) is 16.9. The fraction of sp³-hybridized carbons (Fsp3) is 0.412. The van der Waals surface area contributed by atoms with E-state index in [1.807, 2.05) is 23.9 Å². The highest BCUT2D eigenvalue weighted by Gasteiger charge is 2.24. The summed E-state index contributed by atoms with van der Waals surface area (Å²) in [6.45, 7) is 4.81. The molecule has 1 aliphatic rings. The van der Waals surface area contributed by atoms with Gasteiger partial charge in [-0.2, -0.15) is 5.10 Å². The average molecular weight is 331 g/mol. The third kappa shape index (κ3) is 4.04. The van der Waals surface area contributed by atoms with Gasteiger partial charge < -0.3 is 15.5 Å². The van der Waals surface area contributed by atoms with Crippen molar-refractivity contribution in [3.05, 3.63) is 48.0 Å². The lowest BCUT2D eigenvalue weighted by Crippen LogP contribution is -2.43. The number of urea groups is 1. The minimum Gasteiger partial charge on any atom is -0.369 e. The lowest BCUT2D eigenvalue weighted by atomic mass is 10.2. The molecule has 1 aliphatic heterocycles. The fourth-order valence-corrected chi connectivity index (χ4v) is 2.85. The van der Waals surface area contributed by atoms with Crippen molar-refractivity contribution < 1.29 is 9.18 Å². The van der Waals surface area contributed by atoms with Crippen LogP contribution in [0.4, 0.5) is 14.9 Å². The Bertz CT molecular complexity index is 685. The van der Waals surface area contributed by atoms with Gasteiger partial charge in [0.1, 0.15) is 5.82 Å². The van der Waals surface area contributed by atoms with Crippen molar-refractivity contribution in [3.8, 4) is 0 Å². The summed E-state index contributed by atoms with van der Waals surface area (Å²) >= 11 is 0. The lowest BCUT2D eigenvalue weighted by Gasteiger charge is -2.19. The van der Waals surface area contributed by atoms with Crippen LogP contribution in [0.5, 0.6) is 0 Å². The molecule has 7 heteroatoms. The number of carbonyl (C=O) groups is 1. The number of aryl methyl sites for hydroxylation is 1. The van der Waals surface area contributed by atoms with E-state index in [1.165, 1.54) is 12.1 Å². The molecule has 2 aromatic rings. The standard InChI is InChI=1S/C17H22FN5O/c1-2-23-10-8-14(21-23)11-19-17(24)20-15-7-9-22(12-15)16-5-3-13(18)4-6-16/h3-6,8,10,15H,2,7,9,11-12H2,1H3,(H2,19,20,24). The maximum Gasteiger partial charge on any atom is 0.315 e. The molecule has 128 valence electrons. The van der Waals surface area contributed by atoms with E-state index < -0.39 is 0 Å². The van der Waals surface area contributed by atoms with E-state index in [9.17, 15) is 9.18 Å². The number of amides is 2. The smallest absolute Gasteiger partial charge is 0.315 e. The van der Waals surface area contributed by atoms with Crippen LogP contribution < -0.4 is 15.5 Å². The van der Waals surface area contributed by atoms with E-state index in [1.54, 1.807) is 12.1 Å². The number of nitrogens with one attached hydrogen (secondary N) is 2. The van der Waals surface area contributed by atoms with Crippen molar-refractivity contribution in [2.24, 2.45) is 0 Å². The van der Waals surface area contributed by atoms with E-state index in [0.717, 1.165) is 37.4 Å². The summed E-state index contributed by atoms with van der Waals surface area (Å²) in [5.74, 6) is -0.238. The maximum atomic E-state index is 13.0. The molecule has 1 atom stereocenters. The molecular weight excluding hydrogens is 309 g/mol. The summed E-state index contributed by atoms with van der Waals surface area (Å²) < 4.78 is 14.8. The molecule has 0 radical (unpaired) electrons. The van der Waals surface area contributed by atoms with Gasteiger partial charge in [-0.15, -0.1) is 0 Å². The Morgan fingerprint density at radius 1 is 1.33 bits per heavy atom. The van der Waals surface area contributed by atoms with Crippen LogP contribution in [0.3, 0.4) is 0 Å². The minimum absolute atomic E-state index is 0.0863. The second-order valence-electron chi connectivity index (χ2n) is 5.90. The quantitative estimate of drug-likeness (QED) is 0.882.